The van der Waals surface area contributed by atoms with Gasteiger partial charge in [-0.2, -0.15) is 0 Å². The minimum absolute atomic E-state index is 0.142. The van der Waals surface area contributed by atoms with Crippen LogP contribution in [0, 0.1) is 0 Å². The summed E-state index contributed by atoms with van der Waals surface area (Å²) in [4.78, 5) is 20.0. The molecular formula is C26H30N4O3S. The van der Waals surface area contributed by atoms with E-state index in [4.69, 9.17) is 4.98 Å². The van der Waals surface area contributed by atoms with E-state index >= 15 is 0 Å². The van der Waals surface area contributed by atoms with Crippen molar-refractivity contribution >= 4 is 27.0 Å². The molecule has 1 N–H and O–H groups in total. The van der Waals surface area contributed by atoms with Gasteiger partial charge in [-0.05, 0) is 37.1 Å². The fourth-order valence-corrected chi connectivity index (χ4v) is 6.58. The summed E-state index contributed by atoms with van der Waals surface area (Å²) in [5.74, 6) is 0. The Bertz CT molecular complexity index is 1270. The smallest absolute Gasteiger partial charge is 0.321 e. The van der Waals surface area contributed by atoms with Gasteiger partial charge in [0.05, 0.1) is 22.1 Å². The van der Waals surface area contributed by atoms with Crippen LogP contribution in [0.4, 0.5) is 4.79 Å². The molecule has 2 aromatic carbocycles. The van der Waals surface area contributed by atoms with Gasteiger partial charge in [0.2, 0.25) is 0 Å². The van der Waals surface area contributed by atoms with E-state index < -0.39 is 16.1 Å². The standard InChI is InChI=1S/C26H30N4O3S/c31-26(29-17-15-27-16-18-29)30(22-9-5-2-6-10-22)34(32,33)23-12-14-25-21(19-23)11-13-24(28-25)20-7-3-1-4-8-20/h1,3-4,7-8,11-14,19,22,27H,2,5-6,9-10,15-18H2. The van der Waals surface area contributed by atoms with Crippen molar-refractivity contribution in [3.05, 3.63) is 60.7 Å². The number of pyridine rings is 1. The highest BCUT2D eigenvalue weighted by molar-refractivity contribution is 7.89. The van der Waals surface area contributed by atoms with Crippen molar-refractivity contribution in [1.29, 1.82) is 0 Å². The second-order valence-electron chi connectivity index (χ2n) is 9.03. The third kappa shape index (κ3) is 4.52. The lowest BCUT2D eigenvalue weighted by Gasteiger charge is -2.38. The summed E-state index contributed by atoms with van der Waals surface area (Å²) in [6, 6.07) is 18.0. The van der Waals surface area contributed by atoms with Crippen molar-refractivity contribution in [1.82, 2.24) is 19.5 Å². The second kappa shape index (κ2) is 9.72. The number of hydrogen-bond acceptors (Lipinski definition) is 5. The van der Waals surface area contributed by atoms with Crippen molar-refractivity contribution in [3.63, 3.8) is 0 Å². The number of carbonyl (C=O) groups is 1. The van der Waals surface area contributed by atoms with Crippen LogP contribution in [0.2, 0.25) is 0 Å². The van der Waals surface area contributed by atoms with Crippen LogP contribution in [0.1, 0.15) is 32.1 Å². The van der Waals surface area contributed by atoms with E-state index in [1.54, 1.807) is 23.1 Å². The van der Waals surface area contributed by atoms with Crippen LogP contribution in [0.25, 0.3) is 22.2 Å². The zero-order valence-corrected chi connectivity index (χ0v) is 20.0. The summed E-state index contributed by atoms with van der Waals surface area (Å²) >= 11 is 0. The minimum atomic E-state index is -4.01. The molecule has 5 rings (SSSR count). The van der Waals surface area contributed by atoms with E-state index in [1.165, 1.54) is 4.31 Å². The van der Waals surface area contributed by atoms with Gasteiger partial charge < -0.3 is 10.2 Å². The van der Waals surface area contributed by atoms with E-state index in [1.807, 2.05) is 42.5 Å². The molecule has 34 heavy (non-hydrogen) atoms. The number of nitrogens with zero attached hydrogens (tertiary/aromatic N) is 3. The number of urea groups is 1. The van der Waals surface area contributed by atoms with E-state index in [0.717, 1.165) is 41.4 Å². The molecule has 2 heterocycles. The molecule has 0 spiro atoms. The molecule has 178 valence electrons. The first kappa shape index (κ1) is 22.8. The molecule has 0 unspecified atom stereocenters. The van der Waals surface area contributed by atoms with Gasteiger partial charge in [-0.3, -0.25) is 0 Å². The molecular weight excluding hydrogens is 448 g/mol. The molecule has 0 radical (unpaired) electrons. The number of aromatic nitrogens is 1. The first-order valence-corrected chi connectivity index (χ1v) is 13.5. The quantitative estimate of drug-likeness (QED) is 0.606. The lowest BCUT2D eigenvalue weighted by atomic mass is 9.95. The number of rotatable bonds is 4. The molecule has 2 amide bonds. The van der Waals surface area contributed by atoms with Gasteiger partial charge in [0.15, 0.2) is 0 Å². The zero-order chi connectivity index (χ0) is 23.5. The van der Waals surface area contributed by atoms with E-state index in [9.17, 15) is 13.2 Å². The number of nitrogens with one attached hydrogen (secondary N) is 1. The van der Waals surface area contributed by atoms with Gasteiger partial charge >= 0.3 is 6.03 Å². The molecule has 1 saturated carbocycles. The lowest BCUT2D eigenvalue weighted by molar-refractivity contribution is 0.152. The largest absolute Gasteiger partial charge is 0.334 e. The molecule has 1 aliphatic carbocycles. The first-order chi connectivity index (χ1) is 16.5. The highest BCUT2D eigenvalue weighted by atomic mass is 32.2. The SMILES string of the molecule is O=C(N1CCNCC1)N(C1CCCCC1)S(=O)(=O)c1ccc2nc(-c3ccccc3)ccc2c1. The maximum atomic E-state index is 13.9. The molecule has 8 heteroatoms. The van der Waals surface area contributed by atoms with Crippen molar-refractivity contribution in [3.8, 4) is 11.3 Å². The lowest BCUT2D eigenvalue weighted by Crippen LogP contribution is -2.55. The van der Waals surface area contributed by atoms with Crippen LogP contribution in [-0.2, 0) is 10.0 Å². The Morgan fingerprint density at radius 3 is 2.41 bits per heavy atom. The third-order valence-electron chi connectivity index (χ3n) is 6.77. The predicted molar refractivity (Wildman–Crippen MR) is 133 cm³/mol. The van der Waals surface area contributed by atoms with Gasteiger partial charge in [0.1, 0.15) is 0 Å². The Labute approximate surface area is 200 Å². The average molecular weight is 479 g/mol. The molecule has 2 aliphatic rings. The zero-order valence-electron chi connectivity index (χ0n) is 19.2. The molecule has 1 aliphatic heterocycles. The summed E-state index contributed by atoms with van der Waals surface area (Å²) < 4.78 is 29.0. The van der Waals surface area contributed by atoms with E-state index in [-0.39, 0.29) is 10.9 Å². The fourth-order valence-electron chi connectivity index (χ4n) is 4.91. The van der Waals surface area contributed by atoms with Gasteiger partial charge in [-0.25, -0.2) is 22.5 Å². The third-order valence-corrected chi connectivity index (χ3v) is 8.59. The van der Waals surface area contributed by atoms with Crippen molar-refractivity contribution in [2.75, 3.05) is 26.2 Å². The molecule has 7 nitrogen and oxygen atoms in total. The van der Waals surface area contributed by atoms with Crippen molar-refractivity contribution in [2.24, 2.45) is 0 Å². The van der Waals surface area contributed by atoms with Crippen molar-refractivity contribution in [2.45, 2.75) is 43.0 Å². The summed E-state index contributed by atoms with van der Waals surface area (Å²) in [7, 11) is -4.01. The molecule has 2 fully saturated rings. The van der Waals surface area contributed by atoms with Crippen molar-refractivity contribution < 1.29 is 13.2 Å². The summed E-state index contributed by atoms with van der Waals surface area (Å²) in [5.41, 5.74) is 2.56. The number of amides is 2. The van der Waals surface area contributed by atoms with Crippen LogP contribution >= 0.6 is 0 Å². The Kier molecular flexibility index (Phi) is 6.52. The maximum Gasteiger partial charge on any atom is 0.334 e. The number of hydrogen-bond donors (Lipinski definition) is 1. The Balaban J connectivity index is 1.50. The monoisotopic (exact) mass is 478 g/mol. The summed E-state index contributed by atoms with van der Waals surface area (Å²) in [5, 5.41) is 3.96. The second-order valence-corrected chi connectivity index (χ2v) is 10.8. The van der Waals surface area contributed by atoms with Gasteiger partial charge in [-0.15, -0.1) is 0 Å². The van der Waals surface area contributed by atoms with Crippen LogP contribution in [-0.4, -0.2) is 60.9 Å². The number of fused-ring (bicyclic) bond motifs is 1. The molecule has 0 atom stereocenters. The summed E-state index contributed by atoms with van der Waals surface area (Å²) in [6.45, 7) is 2.38. The highest BCUT2D eigenvalue weighted by Crippen LogP contribution is 2.31. The van der Waals surface area contributed by atoms with Crippen LogP contribution in [0.5, 0.6) is 0 Å². The Hall–Kier alpha value is -2.97. The highest BCUT2D eigenvalue weighted by Gasteiger charge is 2.39. The maximum absolute atomic E-state index is 13.9. The normalized spacial score (nSPS) is 17.6. The number of sulfonamides is 1. The van der Waals surface area contributed by atoms with Crippen LogP contribution in [0.3, 0.4) is 0 Å². The molecule has 0 bridgehead atoms. The Morgan fingerprint density at radius 1 is 0.941 bits per heavy atom. The number of carbonyl (C=O) groups excluding carboxylic acids is 1. The molecule has 3 aromatic rings. The van der Waals surface area contributed by atoms with Gasteiger partial charge in [-0.1, -0.05) is 55.7 Å². The Morgan fingerprint density at radius 2 is 1.68 bits per heavy atom. The average Bonchev–Trinajstić information content (AvgIpc) is 2.89. The fraction of sp³-hybridized carbons (Fsp3) is 0.385. The van der Waals surface area contributed by atoms with Gasteiger partial charge in [0.25, 0.3) is 10.0 Å². The summed E-state index contributed by atoms with van der Waals surface area (Å²) in [6.07, 6.45) is 4.39. The predicted octanol–water partition coefficient (Wildman–Crippen LogP) is 4.25. The van der Waals surface area contributed by atoms with Gasteiger partial charge in [0, 0.05) is 37.1 Å². The number of piperazine rings is 1. The topological polar surface area (TPSA) is 82.6 Å². The van der Waals surface area contributed by atoms with E-state index in [2.05, 4.69) is 5.32 Å². The molecule has 1 saturated heterocycles. The molecule has 1 aromatic heterocycles. The number of benzene rings is 2. The van der Waals surface area contributed by atoms with Crippen LogP contribution in [0.15, 0.2) is 65.6 Å². The minimum Gasteiger partial charge on any atom is -0.321 e. The van der Waals surface area contributed by atoms with E-state index in [0.29, 0.717) is 39.0 Å². The first-order valence-electron chi connectivity index (χ1n) is 12.0. The van der Waals surface area contributed by atoms with Crippen LogP contribution < -0.4 is 5.32 Å².